The summed E-state index contributed by atoms with van der Waals surface area (Å²) in [6, 6.07) is 8.36. The third-order valence-corrected chi connectivity index (χ3v) is 4.56. The number of aromatic amines is 1. The number of hydrogen-bond acceptors (Lipinski definition) is 2. The van der Waals surface area contributed by atoms with Gasteiger partial charge in [0.25, 0.3) is 0 Å². The van der Waals surface area contributed by atoms with Gasteiger partial charge in [-0.15, -0.1) is 0 Å². The predicted molar refractivity (Wildman–Crippen MR) is 89.8 cm³/mol. The van der Waals surface area contributed by atoms with E-state index in [1.54, 1.807) is 0 Å². The van der Waals surface area contributed by atoms with E-state index in [0.717, 1.165) is 38.9 Å². The lowest BCUT2D eigenvalue weighted by Gasteiger charge is -2.08. The van der Waals surface area contributed by atoms with E-state index in [0.29, 0.717) is 12.3 Å². The van der Waals surface area contributed by atoms with Crippen LogP contribution in [-0.2, 0) is 11.2 Å². The summed E-state index contributed by atoms with van der Waals surface area (Å²) in [6.45, 7) is 2.95. The number of nitrogens with one attached hydrogen (secondary N) is 3. The molecule has 0 radical (unpaired) electrons. The van der Waals surface area contributed by atoms with Crippen LogP contribution in [0.3, 0.4) is 0 Å². The molecule has 118 valence electrons. The Labute approximate surface area is 131 Å². The summed E-state index contributed by atoms with van der Waals surface area (Å²) in [4.78, 5) is 15.1. The maximum absolute atomic E-state index is 11.8. The molecule has 0 bridgehead atoms. The first-order valence-corrected chi connectivity index (χ1v) is 8.35. The lowest BCUT2D eigenvalue weighted by atomic mass is 10.0. The average molecular weight is 299 g/mol. The highest BCUT2D eigenvalue weighted by Gasteiger charge is 2.15. The quantitative estimate of drug-likeness (QED) is 0.688. The summed E-state index contributed by atoms with van der Waals surface area (Å²) in [7, 11) is 0. The van der Waals surface area contributed by atoms with Gasteiger partial charge in [0.15, 0.2) is 0 Å². The molecule has 1 saturated heterocycles. The number of hydrogen-bond donors (Lipinski definition) is 3. The van der Waals surface area contributed by atoms with Gasteiger partial charge in [-0.05, 0) is 56.3 Å². The van der Waals surface area contributed by atoms with E-state index in [-0.39, 0.29) is 5.91 Å². The Kier molecular flexibility index (Phi) is 5.11. The molecule has 1 aromatic heterocycles. The van der Waals surface area contributed by atoms with Gasteiger partial charge in [-0.25, -0.2) is 0 Å². The summed E-state index contributed by atoms with van der Waals surface area (Å²) >= 11 is 0. The van der Waals surface area contributed by atoms with Crippen molar-refractivity contribution >= 4 is 16.8 Å². The molecule has 1 aromatic carbocycles. The molecule has 4 nitrogen and oxygen atoms in total. The highest BCUT2D eigenvalue weighted by molar-refractivity contribution is 5.83. The van der Waals surface area contributed by atoms with Crippen molar-refractivity contribution < 1.29 is 4.79 Å². The fourth-order valence-corrected chi connectivity index (χ4v) is 3.23. The number of amides is 1. The predicted octanol–water partition coefficient (Wildman–Crippen LogP) is 2.61. The Morgan fingerprint density at radius 1 is 1.32 bits per heavy atom. The van der Waals surface area contributed by atoms with Gasteiger partial charge in [-0.3, -0.25) is 4.79 Å². The van der Waals surface area contributed by atoms with Crippen LogP contribution in [0.1, 0.15) is 31.2 Å². The zero-order valence-corrected chi connectivity index (χ0v) is 13.0. The Hall–Kier alpha value is -1.81. The maximum Gasteiger partial charge on any atom is 0.220 e. The molecule has 2 heterocycles. The molecule has 2 aromatic rings. The molecule has 0 saturated carbocycles. The third-order valence-electron chi connectivity index (χ3n) is 4.56. The topological polar surface area (TPSA) is 56.9 Å². The SMILES string of the molecule is O=C(CCC1CCNC1)NCCCc1c[nH]c2ccccc12. The Morgan fingerprint density at radius 3 is 3.09 bits per heavy atom. The number of carbonyl (C=O) groups excluding carboxylic acids is 1. The standard InChI is InChI=1S/C18H25N3O/c22-18(8-7-14-9-11-19-12-14)20-10-3-4-15-13-21-17-6-2-1-5-16(15)17/h1-2,5-6,13-14,19,21H,3-4,7-12H2,(H,20,22). The molecule has 1 aliphatic rings. The maximum atomic E-state index is 11.8. The van der Waals surface area contributed by atoms with E-state index in [9.17, 15) is 4.79 Å². The summed E-state index contributed by atoms with van der Waals surface area (Å²) in [5.74, 6) is 0.891. The Balaban J connectivity index is 1.35. The van der Waals surface area contributed by atoms with E-state index in [4.69, 9.17) is 0 Å². The van der Waals surface area contributed by atoms with Gasteiger partial charge < -0.3 is 15.6 Å². The molecular formula is C18H25N3O. The molecule has 22 heavy (non-hydrogen) atoms. The number of H-pyrrole nitrogens is 1. The van der Waals surface area contributed by atoms with Crippen molar-refractivity contribution in [1.29, 1.82) is 0 Å². The van der Waals surface area contributed by atoms with Crippen LogP contribution in [-0.4, -0.2) is 30.5 Å². The van der Waals surface area contributed by atoms with Crippen LogP contribution in [0.4, 0.5) is 0 Å². The van der Waals surface area contributed by atoms with E-state index < -0.39 is 0 Å². The van der Waals surface area contributed by atoms with Crippen molar-refractivity contribution in [1.82, 2.24) is 15.6 Å². The number of aryl methyl sites for hydroxylation is 1. The van der Waals surface area contributed by atoms with Crippen molar-refractivity contribution in [3.63, 3.8) is 0 Å². The van der Waals surface area contributed by atoms with Crippen LogP contribution >= 0.6 is 0 Å². The number of para-hydroxylation sites is 1. The fraction of sp³-hybridized carbons (Fsp3) is 0.500. The van der Waals surface area contributed by atoms with Crippen LogP contribution in [0.15, 0.2) is 30.5 Å². The van der Waals surface area contributed by atoms with Crippen LogP contribution < -0.4 is 10.6 Å². The second kappa shape index (κ2) is 7.45. The van der Waals surface area contributed by atoms with Crippen molar-refractivity contribution in [3.05, 3.63) is 36.0 Å². The van der Waals surface area contributed by atoms with Gasteiger partial charge in [0.2, 0.25) is 5.91 Å². The van der Waals surface area contributed by atoms with E-state index in [2.05, 4.69) is 40.0 Å². The molecule has 4 heteroatoms. The molecule has 1 amide bonds. The lowest BCUT2D eigenvalue weighted by Crippen LogP contribution is -2.25. The highest BCUT2D eigenvalue weighted by atomic mass is 16.1. The number of rotatable bonds is 7. The molecule has 1 aliphatic heterocycles. The fourth-order valence-electron chi connectivity index (χ4n) is 3.23. The van der Waals surface area contributed by atoms with Crippen molar-refractivity contribution in [2.24, 2.45) is 5.92 Å². The molecule has 1 atom stereocenters. The summed E-state index contributed by atoms with van der Waals surface area (Å²) in [5.41, 5.74) is 2.52. The second-order valence-electron chi connectivity index (χ2n) is 6.21. The van der Waals surface area contributed by atoms with Gasteiger partial charge in [-0.1, -0.05) is 18.2 Å². The summed E-state index contributed by atoms with van der Waals surface area (Å²) in [5, 5.41) is 7.69. The number of carbonyl (C=O) groups is 1. The lowest BCUT2D eigenvalue weighted by molar-refractivity contribution is -0.121. The monoisotopic (exact) mass is 299 g/mol. The molecule has 1 fully saturated rings. The summed E-state index contributed by atoms with van der Waals surface area (Å²) < 4.78 is 0. The Bertz CT molecular complexity index is 614. The smallest absolute Gasteiger partial charge is 0.220 e. The average Bonchev–Trinajstić information content (AvgIpc) is 3.19. The highest BCUT2D eigenvalue weighted by Crippen LogP contribution is 2.18. The minimum Gasteiger partial charge on any atom is -0.361 e. The first-order chi connectivity index (χ1) is 10.8. The summed E-state index contributed by atoms with van der Waals surface area (Å²) in [6.07, 6.45) is 6.96. The van der Waals surface area contributed by atoms with Gasteiger partial charge in [0, 0.05) is 30.1 Å². The number of aromatic nitrogens is 1. The third kappa shape index (κ3) is 3.89. The van der Waals surface area contributed by atoms with E-state index in [1.807, 2.05) is 6.07 Å². The van der Waals surface area contributed by atoms with Gasteiger partial charge >= 0.3 is 0 Å². The molecule has 3 rings (SSSR count). The van der Waals surface area contributed by atoms with Crippen molar-refractivity contribution in [2.75, 3.05) is 19.6 Å². The minimum absolute atomic E-state index is 0.200. The van der Waals surface area contributed by atoms with E-state index in [1.165, 1.54) is 22.9 Å². The van der Waals surface area contributed by atoms with Gasteiger partial charge in [-0.2, -0.15) is 0 Å². The molecule has 0 aliphatic carbocycles. The van der Waals surface area contributed by atoms with Crippen molar-refractivity contribution in [2.45, 2.75) is 32.1 Å². The van der Waals surface area contributed by atoms with Crippen LogP contribution in [0.25, 0.3) is 10.9 Å². The first-order valence-electron chi connectivity index (χ1n) is 8.35. The largest absolute Gasteiger partial charge is 0.361 e. The normalized spacial score (nSPS) is 17.9. The second-order valence-corrected chi connectivity index (χ2v) is 6.21. The molecule has 0 spiro atoms. The van der Waals surface area contributed by atoms with Gasteiger partial charge in [0.1, 0.15) is 0 Å². The molecule has 3 N–H and O–H groups in total. The van der Waals surface area contributed by atoms with Crippen LogP contribution in [0.2, 0.25) is 0 Å². The zero-order valence-electron chi connectivity index (χ0n) is 13.0. The molecule has 1 unspecified atom stereocenters. The minimum atomic E-state index is 0.200. The van der Waals surface area contributed by atoms with E-state index >= 15 is 0 Å². The Morgan fingerprint density at radius 2 is 2.23 bits per heavy atom. The van der Waals surface area contributed by atoms with Gasteiger partial charge in [0.05, 0.1) is 0 Å². The molecular weight excluding hydrogens is 274 g/mol. The number of fused-ring (bicyclic) bond motifs is 1. The first kappa shape index (κ1) is 15.1. The number of benzene rings is 1. The van der Waals surface area contributed by atoms with Crippen LogP contribution in [0.5, 0.6) is 0 Å². The van der Waals surface area contributed by atoms with Crippen molar-refractivity contribution in [3.8, 4) is 0 Å². The zero-order chi connectivity index (χ0) is 15.2. The van der Waals surface area contributed by atoms with Crippen LogP contribution in [0, 0.1) is 5.92 Å².